The standard InChI is InChI=1S/C26H30N4O5/c1-16-14-29(26(34)35)22-13-20(11-12-21(22)30(16)25(33)19-9-10-19)17-5-7-18(8-6-17)24(32)28(4)15-23(31)27(2)3/h5-8,11-13,16,19H,9-10,14-15H2,1-4H3,(H,34,35)/t16-/m0/s1. The number of hydrogen-bond donors (Lipinski definition) is 1. The summed E-state index contributed by atoms with van der Waals surface area (Å²) in [5, 5.41) is 9.81. The normalized spacial score (nSPS) is 17.0. The molecule has 1 aliphatic heterocycles. The van der Waals surface area contributed by atoms with Crippen LogP contribution in [0.5, 0.6) is 0 Å². The molecule has 4 amide bonds. The molecule has 0 unspecified atom stereocenters. The maximum absolute atomic E-state index is 12.9. The summed E-state index contributed by atoms with van der Waals surface area (Å²) in [6.45, 7) is 2.06. The van der Waals surface area contributed by atoms with Gasteiger partial charge in [-0.15, -0.1) is 0 Å². The van der Waals surface area contributed by atoms with Crippen molar-refractivity contribution in [3.05, 3.63) is 48.0 Å². The first kappa shape index (κ1) is 24.3. The maximum Gasteiger partial charge on any atom is 0.411 e. The van der Waals surface area contributed by atoms with Crippen molar-refractivity contribution >= 4 is 35.2 Å². The number of carboxylic acid groups (broad SMARTS) is 1. The molecule has 184 valence electrons. The fourth-order valence-electron chi connectivity index (χ4n) is 4.29. The van der Waals surface area contributed by atoms with Gasteiger partial charge in [0, 0.05) is 39.2 Å². The lowest BCUT2D eigenvalue weighted by Crippen LogP contribution is -2.52. The number of carbonyl (C=O) groups excluding carboxylic acids is 3. The summed E-state index contributed by atoms with van der Waals surface area (Å²) in [7, 11) is 4.86. The summed E-state index contributed by atoms with van der Waals surface area (Å²) in [5.74, 6) is -0.357. The van der Waals surface area contributed by atoms with E-state index in [4.69, 9.17) is 0 Å². The van der Waals surface area contributed by atoms with E-state index in [0.717, 1.165) is 24.0 Å². The summed E-state index contributed by atoms with van der Waals surface area (Å²) in [6.07, 6.45) is 0.689. The van der Waals surface area contributed by atoms with Crippen molar-refractivity contribution < 1.29 is 24.3 Å². The summed E-state index contributed by atoms with van der Waals surface area (Å²) >= 11 is 0. The zero-order valence-electron chi connectivity index (χ0n) is 20.4. The average Bonchev–Trinajstić information content (AvgIpc) is 3.68. The molecule has 0 bridgehead atoms. The Bertz CT molecular complexity index is 1170. The van der Waals surface area contributed by atoms with Crippen LogP contribution in [0.4, 0.5) is 16.2 Å². The number of amides is 4. The molecule has 1 N–H and O–H groups in total. The number of rotatable bonds is 5. The number of anilines is 2. The van der Waals surface area contributed by atoms with Crippen molar-refractivity contribution in [2.75, 3.05) is 44.0 Å². The Kier molecular flexibility index (Phi) is 6.51. The van der Waals surface area contributed by atoms with Crippen molar-refractivity contribution in [3.8, 4) is 11.1 Å². The largest absolute Gasteiger partial charge is 0.465 e. The van der Waals surface area contributed by atoms with Gasteiger partial charge in [-0.1, -0.05) is 18.2 Å². The first-order valence-electron chi connectivity index (χ1n) is 11.6. The molecule has 0 spiro atoms. The molecule has 2 aromatic carbocycles. The van der Waals surface area contributed by atoms with Crippen LogP contribution in [0, 0.1) is 5.92 Å². The minimum Gasteiger partial charge on any atom is -0.465 e. The molecule has 9 nitrogen and oxygen atoms in total. The molecule has 1 heterocycles. The Morgan fingerprint density at radius 1 is 0.943 bits per heavy atom. The van der Waals surface area contributed by atoms with Crippen LogP contribution in [0.3, 0.4) is 0 Å². The molecule has 1 fully saturated rings. The molecule has 4 rings (SSSR count). The van der Waals surface area contributed by atoms with Gasteiger partial charge in [0.25, 0.3) is 5.91 Å². The highest BCUT2D eigenvalue weighted by Gasteiger charge is 2.41. The second-order valence-corrected chi connectivity index (χ2v) is 9.45. The lowest BCUT2D eigenvalue weighted by Gasteiger charge is -2.40. The van der Waals surface area contributed by atoms with Crippen LogP contribution >= 0.6 is 0 Å². The van der Waals surface area contributed by atoms with Crippen LogP contribution in [0.15, 0.2) is 42.5 Å². The van der Waals surface area contributed by atoms with Crippen LogP contribution in [-0.4, -0.2) is 79.0 Å². The van der Waals surface area contributed by atoms with Crippen molar-refractivity contribution in [1.29, 1.82) is 0 Å². The van der Waals surface area contributed by atoms with Gasteiger partial charge < -0.3 is 19.8 Å². The molecule has 2 aliphatic rings. The van der Waals surface area contributed by atoms with Gasteiger partial charge in [0.15, 0.2) is 0 Å². The van der Waals surface area contributed by atoms with Crippen molar-refractivity contribution in [1.82, 2.24) is 9.80 Å². The second kappa shape index (κ2) is 9.40. The van der Waals surface area contributed by atoms with Crippen LogP contribution in [0.2, 0.25) is 0 Å². The van der Waals surface area contributed by atoms with Gasteiger partial charge in [-0.05, 0) is 55.2 Å². The SMILES string of the molecule is C[C@H]1CN(C(=O)O)c2cc(-c3ccc(C(=O)N(C)CC(=O)N(C)C)cc3)ccc2N1C(=O)C1CC1. The average molecular weight is 479 g/mol. The molecule has 35 heavy (non-hydrogen) atoms. The van der Waals surface area contributed by atoms with E-state index in [1.807, 2.05) is 13.0 Å². The smallest absolute Gasteiger partial charge is 0.411 e. The number of benzene rings is 2. The zero-order chi connectivity index (χ0) is 25.4. The third kappa shape index (κ3) is 4.84. The second-order valence-electron chi connectivity index (χ2n) is 9.45. The van der Waals surface area contributed by atoms with E-state index < -0.39 is 6.09 Å². The molecule has 1 saturated carbocycles. The molecule has 0 radical (unpaired) electrons. The minimum atomic E-state index is -1.06. The van der Waals surface area contributed by atoms with Gasteiger partial charge in [0.05, 0.1) is 24.0 Å². The fourth-order valence-corrected chi connectivity index (χ4v) is 4.29. The molecule has 9 heteroatoms. The molecular weight excluding hydrogens is 448 g/mol. The predicted molar refractivity (Wildman–Crippen MR) is 133 cm³/mol. The van der Waals surface area contributed by atoms with E-state index in [-0.39, 0.29) is 42.8 Å². The van der Waals surface area contributed by atoms with Gasteiger partial charge in [0.2, 0.25) is 11.8 Å². The van der Waals surface area contributed by atoms with Crippen molar-refractivity contribution in [2.45, 2.75) is 25.8 Å². The van der Waals surface area contributed by atoms with Gasteiger partial charge in [-0.25, -0.2) is 4.79 Å². The molecule has 1 aliphatic carbocycles. The van der Waals surface area contributed by atoms with Gasteiger partial charge in [-0.2, -0.15) is 0 Å². The van der Waals surface area contributed by atoms with Gasteiger partial charge >= 0.3 is 6.09 Å². The summed E-state index contributed by atoms with van der Waals surface area (Å²) in [4.78, 5) is 55.3. The van der Waals surface area contributed by atoms with Crippen LogP contribution < -0.4 is 9.80 Å². The molecule has 0 aromatic heterocycles. The minimum absolute atomic E-state index is 0.0159. The fraction of sp³-hybridized carbons (Fsp3) is 0.385. The topological polar surface area (TPSA) is 101 Å². The van der Waals surface area contributed by atoms with E-state index in [2.05, 4.69) is 0 Å². The molecule has 1 atom stereocenters. The van der Waals surface area contributed by atoms with Crippen molar-refractivity contribution in [2.24, 2.45) is 5.92 Å². The Hall–Kier alpha value is -3.88. The Balaban J connectivity index is 1.61. The monoisotopic (exact) mass is 478 g/mol. The van der Waals surface area contributed by atoms with Crippen molar-refractivity contribution in [3.63, 3.8) is 0 Å². The summed E-state index contributed by atoms with van der Waals surface area (Å²) < 4.78 is 0. The summed E-state index contributed by atoms with van der Waals surface area (Å²) in [6, 6.07) is 12.2. The van der Waals surface area contributed by atoms with E-state index >= 15 is 0 Å². The first-order valence-corrected chi connectivity index (χ1v) is 11.6. The Labute approximate surface area is 204 Å². The van der Waals surface area contributed by atoms with E-state index in [9.17, 15) is 24.3 Å². The quantitative estimate of drug-likeness (QED) is 0.712. The number of fused-ring (bicyclic) bond motifs is 1. The molecular formula is C26H30N4O5. The highest BCUT2D eigenvalue weighted by Crippen LogP contribution is 2.42. The lowest BCUT2D eigenvalue weighted by molar-refractivity contribution is -0.129. The first-order chi connectivity index (χ1) is 16.6. The Morgan fingerprint density at radius 3 is 2.14 bits per heavy atom. The third-order valence-electron chi connectivity index (χ3n) is 6.49. The number of carbonyl (C=O) groups is 4. The number of nitrogens with zero attached hydrogens (tertiary/aromatic N) is 4. The zero-order valence-corrected chi connectivity index (χ0v) is 20.4. The van der Waals surface area contributed by atoms with Crippen LogP contribution in [-0.2, 0) is 9.59 Å². The van der Waals surface area contributed by atoms with Gasteiger partial charge in [-0.3, -0.25) is 19.3 Å². The summed E-state index contributed by atoms with van der Waals surface area (Å²) in [5.41, 5.74) is 3.11. The highest BCUT2D eigenvalue weighted by atomic mass is 16.4. The van der Waals surface area contributed by atoms with Gasteiger partial charge in [0.1, 0.15) is 0 Å². The highest BCUT2D eigenvalue weighted by molar-refractivity contribution is 6.05. The lowest BCUT2D eigenvalue weighted by atomic mass is 9.99. The van der Waals surface area contributed by atoms with E-state index in [1.54, 1.807) is 62.4 Å². The number of hydrogen-bond acceptors (Lipinski definition) is 4. The van der Waals surface area contributed by atoms with Crippen LogP contribution in [0.1, 0.15) is 30.1 Å². The van der Waals surface area contributed by atoms with Crippen LogP contribution in [0.25, 0.3) is 11.1 Å². The predicted octanol–water partition coefficient (Wildman–Crippen LogP) is 3.14. The number of likely N-dealkylation sites (N-methyl/N-ethyl adjacent to an activating group) is 2. The van der Waals surface area contributed by atoms with E-state index in [1.165, 1.54) is 14.7 Å². The Morgan fingerprint density at radius 2 is 1.57 bits per heavy atom. The van der Waals surface area contributed by atoms with E-state index in [0.29, 0.717) is 16.9 Å². The molecule has 0 saturated heterocycles. The maximum atomic E-state index is 12.9. The third-order valence-corrected chi connectivity index (χ3v) is 6.49. The molecule has 2 aromatic rings.